The van der Waals surface area contributed by atoms with Crippen molar-refractivity contribution < 1.29 is 5.11 Å². The van der Waals surface area contributed by atoms with E-state index in [0.717, 1.165) is 12.0 Å². The molecule has 0 heterocycles. The van der Waals surface area contributed by atoms with Crippen LogP contribution in [0.2, 0.25) is 0 Å². The summed E-state index contributed by atoms with van der Waals surface area (Å²) < 4.78 is 0. The lowest BCUT2D eigenvalue weighted by molar-refractivity contribution is 0.0531. The van der Waals surface area contributed by atoms with E-state index in [1.54, 1.807) is 0 Å². The molecule has 2 atom stereocenters. The summed E-state index contributed by atoms with van der Waals surface area (Å²) in [5, 5.41) is 10.6. The van der Waals surface area contributed by atoms with Crippen molar-refractivity contribution in [3.8, 4) is 0 Å². The summed E-state index contributed by atoms with van der Waals surface area (Å²) in [5.74, 6) is 0.407. The van der Waals surface area contributed by atoms with Gasteiger partial charge in [0.05, 0.1) is 6.10 Å². The largest absolute Gasteiger partial charge is 0.388 e. The summed E-state index contributed by atoms with van der Waals surface area (Å²) in [6, 6.07) is 6.35. The van der Waals surface area contributed by atoms with E-state index in [0.29, 0.717) is 5.92 Å². The van der Waals surface area contributed by atoms with Crippen molar-refractivity contribution in [2.75, 3.05) is 0 Å². The van der Waals surface area contributed by atoms with Gasteiger partial charge in [0, 0.05) is 0 Å². The van der Waals surface area contributed by atoms with Crippen LogP contribution in [0.15, 0.2) is 18.2 Å². The van der Waals surface area contributed by atoms with Crippen LogP contribution in [0, 0.1) is 25.2 Å². The number of benzene rings is 1. The van der Waals surface area contributed by atoms with E-state index in [1.165, 1.54) is 24.0 Å². The highest BCUT2D eigenvalue weighted by Crippen LogP contribution is 2.48. The molecule has 0 saturated heterocycles. The van der Waals surface area contributed by atoms with Crippen molar-refractivity contribution in [1.82, 2.24) is 0 Å². The zero-order valence-corrected chi connectivity index (χ0v) is 11.5. The number of aliphatic hydroxyl groups is 1. The Bertz CT molecular complexity index is 406. The van der Waals surface area contributed by atoms with Crippen molar-refractivity contribution in [1.29, 1.82) is 0 Å². The molecule has 0 aromatic heterocycles. The molecular weight excluding hydrogens is 208 g/mol. The zero-order valence-electron chi connectivity index (χ0n) is 11.5. The topological polar surface area (TPSA) is 20.2 Å². The maximum atomic E-state index is 10.6. The van der Waals surface area contributed by atoms with Crippen LogP contribution in [0.1, 0.15) is 55.9 Å². The van der Waals surface area contributed by atoms with Crippen molar-refractivity contribution >= 4 is 0 Å². The van der Waals surface area contributed by atoms with Gasteiger partial charge in [-0.2, -0.15) is 0 Å². The van der Waals surface area contributed by atoms with Gasteiger partial charge >= 0.3 is 0 Å². The van der Waals surface area contributed by atoms with E-state index in [9.17, 15) is 5.11 Å². The van der Waals surface area contributed by atoms with E-state index < -0.39 is 0 Å². The number of aryl methyl sites for hydroxylation is 2. The molecule has 2 unspecified atom stereocenters. The maximum Gasteiger partial charge on any atom is 0.0823 e. The van der Waals surface area contributed by atoms with Gasteiger partial charge in [0.1, 0.15) is 0 Å². The van der Waals surface area contributed by atoms with E-state index >= 15 is 0 Å². The molecule has 94 valence electrons. The summed E-state index contributed by atoms with van der Waals surface area (Å²) in [4.78, 5) is 0. The zero-order chi connectivity index (χ0) is 12.6. The standard InChI is InChI=1S/C16H24O/c1-11-7-8-13(10-12(11)2)15(17)14-6-5-9-16(14,3)4/h7-8,10,14-15,17H,5-6,9H2,1-4H3. The summed E-state index contributed by atoms with van der Waals surface area (Å²) in [5.41, 5.74) is 3.94. The summed E-state index contributed by atoms with van der Waals surface area (Å²) in [6.45, 7) is 8.81. The Balaban J connectivity index is 2.25. The second-order valence-corrected chi connectivity index (χ2v) is 6.28. The van der Waals surface area contributed by atoms with Gasteiger partial charge in [0.2, 0.25) is 0 Å². The molecule has 0 spiro atoms. The lowest BCUT2D eigenvalue weighted by atomic mass is 9.76. The van der Waals surface area contributed by atoms with Crippen molar-refractivity contribution in [2.45, 2.75) is 53.1 Å². The first-order valence-corrected chi connectivity index (χ1v) is 6.67. The third-order valence-corrected chi connectivity index (χ3v) is 4.59. The number of aliphatic hydroxyl groups excluding tert-OH is 1. The summed E-state index contributed by atoms with van der Waals surface area (Å²) >= 11 is 0. The van der Waals surface area contributed by atoms with Crippen LogP contribution >= 0.6 is 0 Å². The Kier molecular flexibility index (Phi) is 3.31. The number of hydrogen-bond donors (Lipinski definition) is 1. The Morgan fingerprint density at radius 1 is 1.24 bits per heavy atom. The quantitative estimate of drug-likeness (QED) is 0.811. The average Bonchev–Trinajstić information content (AvgIpc) is 2.61. The van der Waals surface area contributed by atoms with Gasteiger partial charge in [-0.05, 0) is 54.7 Å². The predicted molar refractivity (Wildman–Crippen MR) is 72.0 cm³/mol. The normalized spacial score (nSPS) is 24.9. The van der Waals surface area contributed by atoms with Gasteiger partial charge in [-0.25, -0.2) is 0 Å². The third-order valence-electron chi connectivity index (χ3n) is 4.59. The summed E-state index contributed by atoms with van der Waals surface area (Å²) in [7, 11) is 0. The predicted octanol–water partition coefficient (Wildman–Crippen LogP) is 4.16. The fourth-order valence-corrected chi connectivity index (χ4v) is 3.12. The Morgan fingerprint density at radius 2 is 1.94 bits per heavy atom. The molecule has 1 aromatic rings. The Hall–Kier alpha value is -0.820. The minimum absolute atomic E-state index is 0.276. The molecule has 17 heavy (non-hydrogen) atoms. The molecule has 1 fully saturated rings. The van der Waals surface area contributed by atoms with Crippen LogP contribution in [0.4, 0.5) is 0 Å². The van der Waals surface area contributed by atoms with Crippen LogP contribution in [0.3, 0.4) is 0 Å². The molecule has 1 aliphatic carbocycles. The smallest absolute Gasteiger partial charge is 0.0823 e. The highest BCUT2D eigenvalue weighted by molar-refractivity contribution is 5.31. The van der Waals surface area contributed by atoms with Crippen LogP contribution in [-0.2, 0) is 0 Å². The van der Waals surface area contributed by atoms with Gasteiger partial charge in [0.15, 0.2) is 0 Å². The molecule has 2 rings (SSSR count). The molecule has 1 aliphatic rings. The average molecular weight is 232 g/mol. The van der Waals surface area contributed by atoms with Gasteiger partial charge < -0.3 is 5.11 Å². The minimum Gasteiger partial charge on any atom is -0.388 e. The van der Waals surface area contributed by atoms with E-state index in [2.05, 4.69) is 45.9 Å². The SMILES string of the molecule is Cc1ccc(C(O)C2CCCC2(C)C)cc1C. The molecule has 0 bridgehead atoms. The molecule has 1 saturated carbocycles. The molecule has 0 aliphatic heterocycles. The fraction of sp³-hybridized carbons (Fsp3) is 0.625. The Labute approximate surface area is 105 Å². The van der Waals surface area contributed by atoms with Gasteiger partial charge in [-0.3, -0.25) is 0 Å². The first kappa shape index (κ1) is 12.6. The number of hydrogen-bond acceptors (Lipinski definition) is 1. The Morgan fingerprint density at radius 3 is 2.47 bits per heavy atom. The molecule has 0 radical (unpaired) electrons. The first-order chi connectivity index (χ1) is 7.92. The molecule has 1 aromatic carbocycles. The first-order valence-electron chi connectivity index (χ1n) is 6.67. The molecule has 1 heteroatoms. The van der Waals surface area contributed by atoms with Crippen LogP contribution in [-0.4, -0.2) is 5.11 Å². The van der Waals surface area contributed by atoms with E-state index in [4.69, 9.17) is 0 Å². The second-order valence-electron chi connectivity index (χ2n) is 6.28. The van der Waals surface area contributed by atoms with Crippen molar-refractivity contribution in [3.05, 3.63) is 34.9 Å². The van der Waals surface area contributed by atoms with Crippen LogP contribution in [0.25, 0.3) is 0 Å². The second kappa shape index (κ2) is 4.45. The monoisotopic (exact) mass is 232 g/mol. The molecule has 1 N–H and O–H groups in total. The third kappa shape index (κ3) is 2.40. The minimum atomic E-state index is -0.299. The van der Waals surface area contributed by atoms with E-state index in [1.807, 2.05) is 0 Å². The van der Waals surface area contributed by atoms with Gasteiger partial charge in [-0.15, -0.1) is 0 Å². The highest BCUT2D eigenvalue weighted by atomic mass is 16.3. The van der Waals surface area contributed by atoms with Crippen LogP contribution in [0.5, 0.6) is 0 Å². The van der Waals surface area contributed by atoms with Crippen LogP contribution < -0.4 is 0 Å². The fourth-order valence-electron chi connectivity index (χ4n) is 3.12. The molecular formula is C16H24O. The van der Waals surface area contributed by atoms with Gasteiger partial charge in [-0.1, -0.05) is 38.5 Å². The highest BCUT2D eigenvalue weighted by Gasteiger charge is 2.39. The van der Waals surface area contributed by atoms with Crippen molar-refractivity contribution in [3.63, 3.8) is 0 Å². The van der Waals surface area contributed by atoms with E-state index in [-0.39, 0.29) is 11.5 Å². The van der Waals surface area contributed by atoms with Crippen molar-refractivity contribution in [2.24, 2.45) is 11.3 Å². The summed E-state index contributed by atoms with van der Waals surface area (Å²) in [6.07, 6.45) is 3.34. The van der Waals surface area contributed by atoms with Gasteiger partial charge in [0.25, 0.3) is 0 Å². The molecule has 0 amide bonds. The lowest BCUT2D eigenvalue weighted by Crippen LogP contribution is -2.24. The number of rotatable bonds is 2. The lowest BCUT2D eigenvalue weighted by Gasteiger charge is -2.31. The maximum absolute atomic E-state index is 10.6. The molecule has 1 nitrogen and oxygen atoms in total.